The topological polar surface area (TPSA) is 21.8 Å². The van der Waals surface area contributed by atoms with E-state index in [2.05, 4.69) is 63.9 Å². The van der Waals surface area contributed by atoms with Gasteiger partial charge in [-0.05, 0) is 70.0 Å². The molecule has 4 heteroatoms. The summed E-state index contributed by atoms with van der Waals surface area (Å²) in [5.41, 5.74) is 1.27. The van der Waals surface area contributed by atoms with E-state index in [1.165, 1.54) is 5.56 Å². The van der Waals surface area contributed by atoms with Crippen molar-refractivity contribution in [3.05, 3.63) is 45.4 Å². The van der Waals surface area contributed by atoms with E-state index in [-0.39, 0.29) is 5.60 Å². The molecular weight excluding hydrogens is 396 g/mol. The van der Waals surface area contributed by atoms with Gasteiger partial charge in [-0.1, -0.05) is 36.4 Å². The monoisotopic (exact) mass is 416 g/mol. The van der Waals surface area contributed by atoms with Crippen LogP contribution in [0.4, 0.5) is 0 Å². The zero-order valence-electron chi connectivity index (χ0n) is 12.5. The molecule has 0 N–H and O–H groups in total. The highest BCUT2D eigenvalue weighted by atomic mass is 79.9. The maximum absolute atomic E-state index is 5.79. The van der Waals surface area contributed by atoms with Crippen molar-refractivity contribution in [3.63, 3.8) is 0 Å². The Kier molecular flexibility index (Phi) is 6.48. The first-order valence-electron chi connectivity index (χ1n) is 7.29. The first-order chi connectivity index (χ1) is 9.97. The minimum Gasteiger partial charge on any atom is -0.377 e. The van der Waals surface area contributed by atoms with E-state index in [9.17, 15) is 0 Å². The van der Waals surface area contributed by atoms with Crippen molar-refractivity contribution in [2.75, 3.05) is 6.61 Å². The zero-order chi connectivity index (χ0) is 15.3. The molecule has 0 spiro atoms. The SMILES string of the molecule is CC1(C)OC1C[C@H](C=C(Br)Br)CCOCc1ccccc1. The predicted molar refractivity (Wildman–Crippen MR) is 93.7 cm³/mol. The normalized spacial score (nSPS) is 20.9. The second kappa shape index (κ2) is 7.91. The van der Waals surface area contributed by atoms with Gasteiger partial charge in [-0.15, -0.1) is 0 Å². The Morgan fingerprint density at radius 3 is 2.57 bits per heavy atom. The van der Waals surface area contributed by atoms with E-state index in [1.807, 2.05) is 18.2 Å². The molecule has 1 unspecified atom stereocenters. The summed E-state index contributed by atoms with van der Waals surface area (Å²) >= 11 is 6.91. The molecule has 1 aromatic rings. The first kappa shape index (κ1) is 17.2. The lowest BCUT2D eigenvalue weighted by molar-refractivity contribution is 0.110. The molecule has 2 atom stereocenters. The van der Waals surface area contributed by atoms with Gasteiger partial charge in [0.05, 0.1) is 21.7 Å². The second-order valence-electron chi connectivity index (χ2n) is 5.99. The molecular formula is C17H22Br2O2. The third-order valence-electron chi connectivity index (χ3n) is 3.79. The van der Waals surface area contributed by atoms with Gasteiger partial charge in [0.1, 0.15) is 0 Å². The average molecular weight is 418 g/mol. The highest BCUT2D eigenvalue weighted by molar-refractivity contribution is 9.28. The van der Waals surface area contributed by atoms with Crippen LogP contribution in [0.2, 0.25) is 0 Å². The van der Waals surface area contributed by atoms with Crippen LogP contribution in [0.5, 0.6) is 0 Å². The third-order valence-corrected chi connectivity index (χ3v) is 4.32. The molecule has 0 bridgehead atoms. The van der Waals surface area contributed by atoms with Gasteiger partial charge in [-0.3, -0.25) is 0 Å². The van der Waals surface area contributed by atoms with E-state index in [0.717, 1.165) is 22.8 Å². The van der Waals surface area contributed by atoms with Crippen LogP contribution in [-0.4, -0.2) is 18.3 Å². The summed E-state index contributed by atoms with van der Waals surface area (Å²) in [5, 5.41) is 0. The van der Waals surface area contributed by atoms with Gasteiger partial charge >= 0.3 is 0 Å². The molecule has 1 saturated heterocycles. The van der Waals surface area contributed by atoms with Crippen molar-refractivity contribution in [2.24, 2.45) is 5.92 Å². The van der Waals surface area contributed by atoms with Gasteiger partial charge < -0.3 is 9.47 Å². The van der Waals surface area contributed by atoms with E-state index in [4.69, 9.17) is 9.47 Å². The summed E-state index contributed by atoms with van der Waals surface area (Å²) in [7, 11) is 0. The molecule has 1 aliphatic heterocycles. The minimum atomic E-state index is 0.0514. The number of benzene rings is 1. The number of epoxide rings is 1. The van der Waals surface area contributed by atoms with Gasteiger partial charge in [0, 0.05) is 6.61 Å². The molecule has 2 rings (SSSR count). The fraction of sp³-hybridized carbons (Fsp3) is 0.529. The summed E-state index contributed by atoms with van der Waals surface area (Å²) in [4.78, 5) is 0. The van der Waals surface area contributed by atoms with Gasteiger partial charge in [0.2, 0.25) is 0 Å². The lowest BCUT2D eigenvalue weighted by Crippen LogP contribution is -2.10. The average Bonchev–Trinajstić information content (AvgIpc) is 3.02. The number of hydrogen-bond donors (Lipinski definition) is 0. The van der Waals surface area contributed by atoms with Crippen molar-refractivity contribution >= 4 is 31.9 Å². The predicted octanol–water partition coefficient (Wildman–Crippen LogP) is 5.41. The Bertz CT molecular complexity index is 467. The molecule has 0 amide bonds. The van der Waals surface area contributed by atoms with Crippen LogP contribution in [-0.2, 0) is 16.1 Å². The van der Waals surface area contributed by atoms with E-state index >= 15 is 0 Å². The molecule has 1 aromatic carbocycles. The molecule has 2 nitrogen and oxygen atoms in total. The molecule has 1 aliphatic rings. The summed E-state index contributed by atoms with van der Waals surface area (Å²) in [6.45, 7) is 5.73. The number of hydrogen-bond acceptors (Lipinski definition) is 2. The smallest absolute Gasteiger partial charge is 0.0892 e. The molecule has 0 saturated carbocycles. The standard InChI is InChI=1S/C17H22Br2O2/c1-17(2)15(21-17)10-14(11-16(18)19)8-9-20-12-13-6-4-3-5-7-13/h3-7,11,14-15H,8-10,12H2,1-2H3/t14-,15?/m1/s1. The quantitative estimate of drug-likeness (QED) is 0.416. The van der Waals surface area contributed by atoms with Crippen molar-refractivity contribution in [3.8, 4) is 0 Å². The Labute approximate surface area is 144 Å². The maximum Gasteiger partial charge on any atom is 0.0892 e. The van der Waals surface area contributed by atoms with Crippen molar-refractivity contribution < 1.29 is 9.47 Å². The fourth-order valence-electron chi connectivity index (χ4n) is 2.39. The summed E-state index contributed by atoms with van der Waals surface area (Å²) in [6, 6.07) is 10.3. The van der Waals surface area contributed by atoms with Crippen LogP contribution < -0.4 is 0 Å². The van der Waals surface area contributed by atoms with E-state index < -0.39 is 0 Å². The van der Waals surface area contributed by atoms with E-state index in [1.54, 1.807) is 0 Å². The molecule has 1 fully saturated rings. The van der Waals surface area contributed by atoms with Crippen LogP contribution >= 0.6 is 31.9 Å². The number of halogens is 2. The molecule has 21 heavy (non-hydrogen) atoms. The number of ether oxygens (including phenoxy) is 2. The van der Waals surface area contributed by atoms with Gasteiger partial charge in [0.25, 0.3) is 0 Å². The highest BCUT2D eigenvalue weighted by Gasteiger charge is 2.48. The number of rotatable bonds is 8. The largest absolute Gasteiger partial charge is 0.377 e. The van der Waals surface area contributed by atoms with Gasteiger partial charge in [-0.2, -0.15) is 0 Å². The molecule has 1 heterocycles. The number of allylic oxidation sites excluding steroid dienone is 1. The van der Waals surface area contributed by atoms with Crippen LogP contribution in [0.15, 0.2) is 39.8 Å². The Morgan fingerprint density at radius 1 is 1.33 bits per heavy atom. The lowest BCUT2D eigenvalue weighted by Gasteiger charge is -2.12. The zero-order valence-corrected chi connectivity index (χ0v) is 15.7. The van der Waals surface area contributed by atoms with Crippen molar-refractivity contribution in [1.29, 1.82) is 0 Å². The summed E-state index contributed by atoms with van der Waals surface area (Å²) < 4.78 is 12.5. The van der Waals surface area contributed by atoms with Crippen LogP contribution in [0, 0.1) is 5.92 Å². The lowest BCUT2D eigenvalue weighted by atomic mass is 9.95. The Balaban J connectivity index is 1.73. The van der Waals surface area contributed by atoms with E-state index in [0.29, 0.717) is 18.6 Å². The summed E-state index contributed by atoms with van der Waals surface area (Å²) in [6.07, 6.45) is 4.61. The van der Waals surface area contributed by atoms with Gasteiger partial charge in [-0.25, -0.2) is 0 Å². The van der Waals surface area contributed by atoms with Crippen LogP contribution in [0.25, 0.3) is 0 Å². The van der Waals surface area contributed by atoms with Crippen molar-refractivity contribution in [2.45, 2.75) is 45.0 Å². The minimum absolute atomic E-state index is 0.0514. The summed E-state index contributed by atoms with van der Waals surface area (Å²) in [5.74, 6) is 0.460. The molecule has 0 radical (unpaired) electrons. The van der Waals surface area contributed by atoms with Crippen molar-refractivity contribution in [1.82, 2.24) is 0 Å². The maximum atomic E-state index is 5.79. The molecule has 116 valence electrons. The van der Waals surface area contributed by atoms with Gasteiger partial charge in [0.15, 0.2) is 0 Å². The van der Waals surface area contributed by atoms with Crippen LogP contribution in [0.3, 0.4) is 0 Å². The second-order valence-corrected chi connectivity index (χ2v) is 8.76. The fourth-order valence-corrected chi connectivity index (χ4v) is 3.13. The third kappa shape index (κ3) is 6.23. The Hall–Kier alpha value is -0.160. The molecule has 0 aromatic heterocycles. The Morgan fingerprint density at radius 2 is 2.00 bits per heavy atom. The highest BCUT2D eigenvalue weighted by Crippen LogP contribution is 2.40. The molecule has 0 aliphatic carbocycles. The van der Waals surface area contributed by atoms with Crippen LogP contribution in [0.1, 0.15) is 32.3 Å². The first-order valence-corrected chi connectivity index (χ1v) is 8.88.